The van der Waals surface area contributed by atoms with E-state index < -0.39 is 0 Å². The standard InChI is InChI=1S/C16H17N3O/c1-12-10-18-14(11-17-12)16(20)19-9-5-4-7-13-6-2-3-8-15(13)19/h2-3,6,8,10-11H,4-5,7,9H2,1H3. The summed E-state index contributed by atoms with van der Waals surface area (Å²) in [6.07, 6.45) is 6.35. The van der Waals surface area contributed by atoms with E-state index in [1.54, 1.807) is 12.4 Å². The highest BCUT2D eigenvalue weighted by Crippen LogP contribution is 2.27. The van der Waals surface area contributed by atoms with Crippen LogP contribution in [0, 0.1) is 6.92 Å². The Labute approximate surface area is 118 Å². The zero-order chi connectivity index (χ0) is 13.9. The molecule has 1 aromatic carbocycles. The molecule has 0 fully saturated rings. The molecule has 2 heterocycles. The van der Waals surface area contributed by atoms with Gasteiger partial charge in [0.25, 0.3) is 5.91 Å². The minimum absolute atomic E-state index is 0.0631. The van der Waals surface area contributed by atoms with E-state index in [1.807, 2.05) is 30.0 Å². The van der Waals surface area contributed by atoms with Crippen LogP contribution in [0.15, 0.2) is 36.7 Å². The summed E-state index contributed by atoms with van der Waals surface area (Å²) in [6, 6.07) is 8.12. The first-order valence-corrected chi connectivity index (χ1v) is 6.94. The van der Waals surface area contributed by atoms with Crippen molar-refractivity contribution < 1.29 is 4.79 Å². The number of hydrogen-bond acceptors (Lipinski definition) is 3. The first-order chi connectivity index (χ1) is 9.75. The van der Waals surface area contributed by atoms with E-state index in [1.165, 1.54) is 5.56 Å². The van der Waals surface area contributed by atoms with Gasteiger partial charge in [0.15, 0.2) is 0 Å². The van der Waals surface area contributed by atoms with E-state index >= 15 is 0 Å². The molecule has 0 N–H and O–H groups in total. The summed E-state index contributed by atoms with van der Waals surface area (Å²) in [4.78, 5) is 22.9. The number of rotatable bonds is 1. The van der Waals surface area contributed by atoms with Crippen LogP contribution >= 0.6 is 0 Å². The molecule has 1 amide bonds. The van der Waals surface area contributed by atoms with Gasteiger partial charge in [-0.15, -0.1) is 0 Å². The fourth-order valence-electron chi connectivity index (χ4n) is 2.54. The zero-order valence-corrected chi connectivity index (χ0v) is 11.5. The summed E-state index contributed by atoms with van der Waals surface area (Å²) in [5, 5.41) is 0. The Bertz CT molecular complexity index is 622. The van der Waals surface area contributed by atoms with Crippen molar-refractivity contribution in [2.45, 2.75) is 26.2 Å². The van der Waals surface area contributed by atoms with Crippen LogP contribution < -0.4 is 4.90 Å². The van der Waals surface area contributed by atoms with Crippen molar-refractivity contribution in [3.8, 4) is 0 Å². The number of anilines is 1. The number of carbonyl (C=O) groups is 1. The largest absolute Gasteiger partial charge is 0.307 e. The van der Waals surface area contributed by atoms with Gasteiger partial charge in [0.1, 0.15) is 5.69 Å². The Morgan fingerprint density at radius 3 is 2.80 bits per heavy atom. The Balaban J connectivity index is 1.97. The molecule has 0 atom stereocenters. The Kier molecular flexibility index (Phi) is 3.46. The predicted molar refractivity (Wildman–Crippen MR) is 77.8 cm³/mol. The molecular formula is C16H17N3O. The van der Waals surface area contributed by atoms with Crippen LogP contribution in [0.2, 0.25) is 0 Å². The van der Waals surface area contributed by atoms with Crippen molar-refractivity contribution in [1.29, 1.82) is 0 Å². The number of para-hydroxylation sites is 1. The van der Waals surface area contributed by atoms with Gasteiger partial charge in [0.05, 0.1) is 11.9 Å². The number of benzene rings is 1. The van der Waals surface area contributed by atoms with Gasteiger partial charge >= 0.3 is 0 Å². The van der Waals surface area contributed by atoms with E-state index in [-0.39, 0.29) is 5.91 Å². The van der Waals surface area contributed by atoms with Gasteiger partial charge in [-0.25, -0.2) is 4.98 Å². The van der Waals surface area contributed by atoms with Gasteiger partial charge in [0, 0.05) is 18.4 Å². The minimum atomic E-state index is -0.0631. The molecular weight excluding hydrogens is 250 g/mol. The lowest BCUT2D eigenvalue weighted by Crippen LogP contribution is -2.32. The van der Waals surface area contributed by atoms with Crippen molar-refractivity contribution in [3.05, 3.63) is 53.6 Å². The third-order valence-corrected chi connectivity index (χ3v) is 3.61. The number of hydrogen-bond donors (Lipinski definition) is 0. The highest BCUT2D eigenvalue weighted by Gasteiger charge is 2.22. The molecule has 3 rings (SSSR count). The first-order valence-electron chi connectivity index (χ1n) is 6.94. The third kappa shape index (κ3) is 2.41. The average molecular weight is 267 g/mol. The van der Waals surface area contributed by atoms with E-state index in [0.29, 0.717) is 5.69 Å². The van der Waals surface area contributed by atoms with Crippen molar-refractivity contribution in [3.63, 3.8) is 0 Å². The second-order valence-electron chi connectivity index (χ2n) is 5.09. The Morgan fingerprint density at radius 1 is 1.15 bits per heavy atom. The summed E-state index contributed by atoms with van der Waals surface area (Å²) in [5.41, 5.74) is 3.47. The number of aryl methyl sites for hydroxylation is 2. The van der Waals surface area contributed by atoms with E-state index in [0.717, 1.165) is 37.2 Å². The van der Waals surface area contributed by atoms with Gasteiger partial charge in [-0.1, -0.05) is 18.2 Å². The first kappa shape index (κ1) is 12.8. The fraction of sp³-hybridized carbons (Fsp3) is 0.312. The molecule has 0 aliphatic carbocycles. The van der Waals surface area contributed by atoms with E-state index in [2.05, 4.69) is 16.0 Å². The van der Waals surface area contributed by atoms with Crippen LogP contribution in [0.3, 0.4) is 0 Å². The third-order valence-electron chi connectivity index (χ3n) is 3.61. The van der Waals surface area contributed by atoms with Crippen LogP contribution in [-0.4, -0.2) is 22.4 Å². The molecule has 4 heteroatoms. The van der Waals surface area contributed by atoms with Crippen molar-refractivity contribution in [2.75, 3.05) is 11.4 Å². The lowest BCUT2D eigenvalue weighted by atomic mass is 10.1. The van der Waals surface area contributed by atoms with Gasteiger partial charge < -0.3 is 4.90 Å². The summed E-state index contributed by atoms with van der Waals surface area (Å²) in [5.74, 6) is -0.0631. The quantitative estimate of drug-likeness (QED) is 0.798. The number of aromatic nitrogens is 2. The van der Waals surface area contributed by atoms with Gasteiger partial charge in [0.2, 0.25) is 0 Å². The zero-order valence-electron chi connectivity index (χ0n) is 11.5. The average Bonchev–Trinajstić information content (AvgIpc) is 2.69. The maximum absolute atomic E-state index is 12.6. The minimum Gasteiger partial charge on any atom is -0.307 e. The van der Waals surface area contributed by atoms with Crippen molar-refractivity contribution in [2.24, 2.45) is 0 Å². The number of carbonyl (C=O) groups excluding carboxylic acids is 1. The number of amides is 1. The normalized spacial score (nSPS) is 14.6. The second-order valence-corrected chi connectivity index (χ2v) is 5.09. The molecule has 102 valence electrons. The molecule has 0 unspecified atom stereocenters. The molecule has 2 aromatic rings. The SMILES string of the molecule is Cc1cnc(C(=O)N2CCCCc3ccccc32)cn1. The van der Waals surface area contributed by atoms with Crippen molar-refractivity contribution in [1.82, 2.24) is 9.97 Å². The van der Waals surface area contributed by atoms with Crippen LogP contribution in [-0.2, 0) is 6.42 Å². The van der Waals surface area contributed by atoms with E-state index in [9.17, 15) is 4.79 Å². The lowest BCUT2D eigenvalue weighted by Gasteiger charge is -2.22. The molecule has 0 radical (unpaired) electrons. The lowest BCUT2D eigenvalue weighted by molar-refractivity contribution is 0.0982. The molecule has 20 heavy (non-hydrogen) atoms. The van der Waals surface area contributed by atoms with Crippen LogP contribution in [0.4, 0.5) is 5.69 Å². The molecule has 4 nitrogen and oxygen atoms in total. The maximum atomic E-state index is 12.6. The van der Waals surface area contributed by atoms with Crippen LogP contribution in [0.25, 0.3) is 0 Å². The highest BCUT2D eigenvalue weighted by atomic mass is 16.2. The Morgan fingerprint density at radius 2 is 2.00 bits per heavy atom. The number of fused-ring (bicyclic) bond motifs is 1. The fourth-order valence-corrected chi connectivity index (χ4v) is 2.54. The summed E-state index contributed by atoms with van der Waals surface area (Å²) in [6.45, 7) is 2.61. The van der Waals surface area contributed by atoms with Gasteiger partial charge in [-0.05, 0) is 37.8 Å². The second kappa shape index (κ2) is 5.41. The van der Waals surface area contributed by atoms with Crippen LogP contribution in [0.5, 0.6) is 0 Å². The summed E-state index contributed by atoms with van der Waals surface area (Å²) < 4.78 is 0. The molecule has 0 bridgehead atoms. The summed E-state index contributed by atoms with van der Waals surface area (Å²) >= 11 is 0. The monoisotopic (exact) mass is 267 g/mol. The molecule has 1 aliphatic heterocycles. The smallest absolute Gasteiger partial charge is 0.278 e. The number of nitrogens with zero attached hydrogens (tertiary/aromatic N) is 3. The van der Waals surface area contributed by atoms with E-state index in [4.69, 9.17) is 0 Å². The maximum Gasteiger partial charge on any atom is 0.278 e. The molecule has 1 aromatic heterocycles. The van der Waals surface area contributed by atoms with Crippen molar-refractivity contribution >= 4 is 11.6 Å². The molecule has 1 aliphatic rings. The topological polar surface area (TPSA) is 46.1 Å². The molecule has 0 spiro atoms. The van der Waals surface area contributed by atoms with Crippen LogP contribution in [0.1, 0.15) is 34.6 Å². The Hall–Kier alpha value is -2.23. The highest BCUT2D eigenvalue weighted by molar-refractivity contribution is 6.05. The van der Waals surface area contributed by atoms with Gasteiger partial charge in [-0.2, -0.15) is 0 Å². The molecule has 0 saturated heterocycles. The summed E-state index contributed by atoms with van der Waals surface area (Å²) in [7, 11) is 0. The molecule has 0 saturated carbocycles. The van der Waals surface area contributed by atoms with Gasteiger partial charge in [-0.3, -0.25) is 9.78 Å². The predicted octanol–water partition coefficient (Wildman–Crippen LogP) is 2.77.